The van der Waals surface area contributed by atoms with Crippen molar-refractivity contribution in [3.8, 4) is 6.01 Å². The van der Waals surface area contributed by atoms with Gasteiger partial charge in [0.2, 0.25) is 0 Å². The quantitative estimate of drug-likeness (QED) is 0.361. The zero-order valence-corrected chi connectivity index (χ0v) is 18.1. The van der Waals surface area contributed by atoms with Gasteiger partial charge in [-0.05, 0) is 12.3 Å². The maximum Gasteiger partial charge on any atom is 0.332 e. The zero-order chi connectivity index (χ0) is 19.9. The number of fused-ring (bicyclic) bond motifs is 1. The first kappa shape index (κ1) is 19.9. The summed E-state index contributed by atoms with van der Waals surface area (Å²) in [5.74, 6) is 0.435. The van der Waals surface area contributed by atoms with Gasteiger partial charge in [0, 0.05) is 56.2 Å². The van der Waals surface area contributed by atoms with Crippen molar-refractivity contribution in [3.63, 3.8) is 0 Å². The van der Waals surface area contributed by atoms with E-state index in [1.807, 2.05) is 0 Å². The van der Waals surface area contributed by atoms with Crippen molar-refractivity contribution in [2.75, 3.05) is 13.1 Å². The van der Waals surface area contributed by atoms with E-state index in [1.165, 1.54) is 11.6 Å². The Balaban J connectivity index is 2.06. The van der Waals surface area contributed by atoms with Gasteiger partial charge in [-0.2, -0.15) is 4.98 Å². The third-order valence-electron chi connectivity index (χ3n) is 4.91. The Morgan fingerprint density at radius 1 is 1.30 bits per heavy atom. The third-order valence-corrected chi connectivity index (χ3v) is 5.59. The lowest BCUT2D eigenvalue weighted by molar-refractivity contribution is 0.181. The maximum absolute atomic E-state index is 12.7. The highest BCUT2D eigenvalue weighted by atomic mass is 127. The molecule has 0 saturated carbocycles. The van der Waals surface area contributed by atoms with Crippen LogP contribution in [0.25, 0.3) is 11.2 Å². The van der Waals surface area contributed by atoms with E-state index in [0.29, 0.717) is 49.1 Å². The van der Waals surface area contributed by atoms with Gasteiger partial charge in [-0.3, -0.25) is 23.3 Å². The van der Waals surface area contributed by atoms with Crippen LogP contribution in [0.2, 0.25) is 0 Å². The number of rotatable bonds is 5. The Morgan fingerprint density at radius 2 is 2.00 bits per heavy atom. The summed E-state index contributed by atoms with van der Waals surface area (Å²) in [5, 5.41) is 0. The molecule has 1 atom stereocenters. The molecule has 10 heteroatoms. The molecule has 3 heterocycles. The number of aromatic nitrogens is 4. The number of amides is 1. The van der Waals surface area contributed by atoms with E-state index in [4.69, 9.17) is 4.74 Å². The fourth-order valence-corrected chi connectivity index (χ4v) is 3.68. The number of halogens is 1. The van der Waals surface area contributed by atoms with Gasteiger partial charge in [-0.25, -0.2) is 4.79 Å². The van der Waals surface area contributed by atoms with Gasteiger partial charge in [0.15, 0.2) is 11.2 Å². The molecule has 1 saturated heterocycles. The molecule has 0 aliphatic carbocycles. The fraction of sp³-hybridized carbons (Fsp3) is 0.647. The van der Waals surface area contributed by atoms with E-state index in [-0.39, 0.29) is 15.6 Å². The number of nitrogens with zero attached hydrogens (tertiary/aromatic N) is 5. The van der Waals surface area contributed by atoms with Crippen molar-refractivity contribution >= 4 is 37.7 Å². The Hall–Kier alpha value is -1.85. The van der Waals surface area contributed by atoms with Gasteiger partial charge in [0.05, 0.1) is 6.54 Å². The van der Waals surface area contributed by atoms with Gasteiger partial charge in [0.25, 0.3) is 15.5 Å². The summed E-state index contributed by atoms with van der Waals surface area (Å²) in [5.41, 5.74) is -0.110. The topological polar surface area (TPSA) is 91.4 Å². The molecule has 9 nitrogen and oxygen atoms in total. The van der Waals surface area contributed by atoms with E-state index in [2.05, 4.69) is 18.8 Å². The van der Waals surface area contributed by atoms with Crippen LogP contribution < -0.4 is 16.0 Å². The van der Waals surface area contributed by atoms with Crippen molar-refractivity contribution in [3.05, 3.63) is 20.8 Å². The second-order valence-electron chi connectivity index (χ2n) is 7.33. The first-order valence-electron chi connectivity index (χ1n) is 8.98. The largest absolute Gasteiger partial charge is 0.459 e. The molecule has 1 amide bonds. The standard InChI is InChI=1S/C17H24IN5O4/c1-10(2)5-8-23-12-13(20(3)17(26)21(4)14(12)24)19-16(23)27-11-6-7-22(9-11)15(18)25/h10-11H,5-9H2,1-4H3. The predicted molar refractivity (Wildman–Crippen MR) is 110 cm³/mol. The number of imidazole rings is 1. The zero-order valence-electron chi connectivity index (χ0n) is 15.9. The second-order valence-corrected chi connectivity index (χ2v) is 8.26. The molecule has 0 spiro atoms. The van der Waals surface area contributed by atoms with Crippen LogP contribution in [0.4, 0.5) is 4.79 Å². The lowest BCUT2D eigenvalue weighted by atomic mass is 10.1. The highest BCUT2D eigenvalue weighted by Crippen LogP contribution is 2.23. The van der Waals surface area contributed by atoms with Gasteiger partial charge in [-0.15, -0.1) is 0 Å². The van der Waals surface area contributed by atoms with Crippen LogP contribution >= 0.6 is 22.6 Å². The smallest absolute Gasteiger partial charge is 0.332 e. The monoisotopic (exact) mass is 489 g/mol. The molecule has 1 aliphatic heterocycles. The molecule has 0 bridgehead atoms. The SMILES string of the molecule is CC(C)CCn1c(OC2CCN(C(=O)I)C2)nc2c1c(=O)n(C)c(=O)n2C. The van der Waals surface area contributed by atoms with Crippen LogP contribution in [0, 0.1) is 5.92 Å². The van der Waals surface area contributed by atoms with Crippen molar-refractivity contribution < 1.29 is 9.53 Å². The Kier molecular flexibility index (Phi) is 5.63. The number of aryl methyl sites for hydroxylation is 2. The Bertz CT molecular complexity index is 990. The van der Waals surface area contributed by atoms with E-state index < -0.39 is 5.69 Å². The molecule has 3 rings (SSSR count). The number of hydrogen-bond donors (Lipinski definition) is 0. The summed E-state index contributed by atoms with van der Waals surface area (Å²) in [6, 6.07) is 0.330. The van der Waals surface area contributed by atoms with Crippen LogP contribution in [-0.2, 0) is 20.6 Å². The summed E-state index contributed by atoms with van der Waals surface area (Å²) in [6.07, 6.45) is 1.37. The van der Waals surface area contributed by atoms with Gasteiger partial charge in [0.1, 0.15) is 6.10 Å². The average Bonchev–Trinajstić information content (AvgIpc) is 3.21. The van der Waals surface area contributed by atoms with Crippen molar-refractivity contribution in [2.24, 2.45) is 20.0 Å². The number of ether oxygens (including phenoxy) is 1. The van der Waals surface area contributed by atoms with Crippen LogP contribution in [-0.4, -0.2) is 46.7 Å². The fourth-order valence-electron chi connectivity index (χ4n) is 3.24. The molecule has 2 aromatic rings. The number of likely N-dealkylation sites (tertiary alicyclic amines) is 1. The molecule has 0 N–H and O–H groups in total. The molecule has 148 valence electrons. The summed E-state index contributed by atoms with van der Waals surface area (Å²) >= 11 is 1.77. The molecule has 1 unspecified atom stereocenters. The van der Waals surface area contributed by atoms with Crippen molar-refractivity contribution in [2.45, 2.75) is 39.3 Å². The van der Waals surface area contributed by atoms with E-state index in [9.17, 15) is 14.4 Å². The highest BCUT2D eigenvalue weighted by molar-refractivity contribution is 14.1. The molecule has 27 heavy (non-hydrogen) atoms. The first-order chi connectivity index (χ1) is 12.7. The Morgan fingerprint density at radius 3 is 2.59 bits per heavy atom. The van der Waals surface area contributed by atoms with Crippen LogP contribution in [0.1, 0.15) is 26.7 Å². The van der Waals surface area contributed by atoms with Crippen molar-refractivity contribution in [1.29, 1.82) is 0 Å². The minimum atomic E-state index is -0.421. The number of hydrogen-bond acceptors (Lipinski definition) is 5. The molecular weight excluding hydrogens is 465 g/mol. The van der Waals surface area contributed by atoms with Gasteiger partial charge >= 0.3 is 5.69 Å². The summed E-state index contributed by atoms with van der Waals surface area (Å²) in [6.45, 7) is 5.91. The minimum Gasteiger partial charge on any atom is -0.459 e. The van der Waals surface area contributed by atoms with Crippen LogP contribution in [0.15, 0.2) is 9.59 Å². The summed E-state index contributed by atoms with van der Waals surface area (Å²) < 4.78 is 10.3. The predicted octanol–water partition coefficient (Wildman–Crippen LogP) is 1.49. The van der Waals surface area contributed by atoms with Crippen LogP contribution in [0.5, 0.6) is 6.01 Å². The third kappa shape index (κ3) is 3.76. The summed E-state index contributed by atoms with van der Waals surface area (Å²) in [4.78, 5) is 42.7. The average molecular weight is 489 g/mol. The second kappa shape index (κ2) is 7.64. The molecular formula is C17H24IN5O4. The lowest BCUT2D eigenvalue weighted by Crippen LogP contribution is -2.37. The summed E-state index contributed by atoms with van der Waals surface area (Å²) in [7, 11) is 3.06. The lowest BCUT2D eigenvalue weighted by Gasteiger charge is -2.16. The molecule has 1 aliphatic rings. The van der Waals surface area contributed by atoms with E-state index >= 15 is 0 Å². The molecule has 2 aromatic heterocycles. The van der Waals surface area contributed by atoms with Gasteiger partial charge in [-0.1, -0.05) is 13.8 Å². The molecule has 0 radical (unpaired) electrons. The maximum atomic E-state index is 12.7. The first-order valence-corrected chi connectivity index (χ1v) is 10.1. The number of carbonyl (C=O) groups is 1. The van der Waals surface area contributed by atoms with Crippen LogP contribution in [0.3, 0.4) is 0 Å². The molecule has 0 aromatic carbocycles. The normalized spacial score (nSPS) is 17.3. The Labute approximate surface area is 170 Å². The van der Waals surface area contributed by atoms with E-state index in [1.54, 1.807) is 39.1 Å². The van der Waals surface area contributed by atoms with Gasteiger partial charge < -0.3 is 9.64 Å². The molecule has 1 fully saturated rings. The number of carbonyl (C=O) groups excluding carboxylic acids is 1. The van der Waals surface area contributed by atoms with Crippen molar-refractivity contribution in [1.82, 2.24) is 23.6 Å². The minimum absolute atomic E-state index is 0.0109. The van der Waals surface area contributed by atoms with E-state index in [0.717, 1.165) is 11.0 Å². The highest BCUT2D eigenvalue weighted by Gasteiger charge is 2.29.